The van der Waals surface area contributed by atoms with E-state index in [1.165, 1.54) is 0 Å². The van der Waals surface area contributed by atoms with Crippen molar-refractivity contribution >= 4 is 0 Å². The molecule has 1 aromatic heterocycles. The number of rotatable bonds is 5. The Morgan fingerprint density at radius 2 is 2.06 bits per heavy atom. The second-order valence-electron chi connectivity index (χ2n) is 3.76. The van der Waals surface area contributed by atoms with Crippen LogP contribution in [0.5, 0.6) is 5.75 Å². The fourth-order valence-electron chi connectivity index (χ4n) is 1.60. The van der Waals surface area contributed by atoms with Crippen LogP contribution in [-0.4, -0.2) is 14.7 Å². The standard InChI is InChI=1S/C13H16N2O2/c1-2-15-10-14-7-12(15)9-17-13-5-3-11(8-16)4-6-13/h3-7,10,16H,2,8-9H2,1H3. The lowest BCUT2D eigenvalue weighted by Crippen LogP contribution is -2.03. The zero-order valence-electron chi connectivity index (χ0n) is 9.84. The summed E-state index contributed by atoms with van der Waals surface area (Å²) in [4.78, 5) is 4.08. The van der Waals surface area contributed by atoms with Gasteiger partial charge in [-0.1, -0.05) is 12.1 Å². The summed E-state index contributed by atoms with van der Waals surface area (Å²) in [6.07, 6.45) is 3.61. The van der Waals surface area contributed by atoms with E-state index in [1.54, 1.807) is 6.33 Å². The van der Waals surface area contributed by atoms with Gasteiger partial charge < -0.3 is 14.4 Å². The van der Waals surface area contributed by atoms with Gasteiger partial charge in [0.05, 0.1) is 24.8 Å². The summed E-state index contributed by atoms with van der Waals surface area (Å²) in [5.74, 6) is 0.797. The number of hydrogen-bond acceptors (Lipinski definition) is 3. The maximum atomic E-state index is 8.92. The summed E-state index contributed by atoms with van der Waals surface area (Å²) >= 11 is 0. The molecule has 0 spiro atoms. The van der Waals surface area contributed by atoms with Crippen molar-refractivity contribution in [1.82, 2.24) is 9.55 Å². The minimum atomic E-state index is 0.0584. The van der Waals surface area contributed by atoms with E-state index in [-0.39, 0.29) is 6.61 Å². The predicted octanol–water partition coefficient (Wildman–Crippen LogP) is 1.97. The van der Waals surface area contributed by atoms with Gasteiger partial charge in [-0.3, -0.25) is 0 Å². The molecule has 0 fully saturated rings. The molecule has 0 bridgehead atoms. The first-order chi connectivity index (χ1) is 8.33. The number of aliphatic hydroxyl groups is 1. The number of aliphatic hydroxyl groups excluding tert-OH is 1. The van der Waals surface area contributed by atoms with Gasteiger partial charge in [-0.15, -0.1) is 0 Å². The Labute approximate surface area is 100 Å². The van der Waals surface area contributed by atoms with Crippen LogP contribution in [0.15, 0.2) is 36.8 Å². The molecular weight excluding hydrogens is 216 g/mol. The first-order valence-corrected chi connectivity index (χ1v) is 5.65. The van der Waals surface area contributed by atoms with Crippen molar-refractivity contribution in [2.45, 2.75) is 26.7 Å². The maximum Gasteiger partial charge on any atom is 0.130 e. The Morgan fingerprint density at radius 1 is 1.29 bits per heavy atom. The summed E-state index contributed by atoms with van der Waals surface area (Å²) in [5, 5.41) is 8.92. The fraction of sp³-hybridized carbons (Fsp3) is 0.308. The van der Waals surface area contributed by atoms with Crippen molar-refractivity contribution in [3.8, 4) is 5.75 Å². The molecule has 0 unspecified atom stereocenters. The lowest BCUT2D eigenvalue weighted by molar-refractivity contribution is 0.280. The normalized spacial score (nSPS) is 10.5. The van der Waals surface area contributed by atoms with Gasteiger partial charge in [0.2, 0.25) is 0 Å². The molecule has 0 amide bonds. The van der Waals surface area contributed by atoms with Crippen molar-refractivity contribution in [1.29, 1.82) is 0 Å². The van der Waals surface area contributed by atoms with Crippen molar-refractivity contribution in [3.05, 3.63) is 48.0 Å². The average Bonchev–Trinajstić information content (AvgIpc) is 2.84. The second kappa shape index (κ2) is 5.50. The highest BCUT2D eigenvalue weighted by molar-refractivity contribution is 5.26. The minimum absolute atomic E-state index is 0.0584. The van der Waals surface area contributed by atoms with Gasteiger partial charge in [-0.2, -0.15) is 0 Å². The number of nitrogens with zero attached hydrogens (tertiary/aromatic N) is 2. The van der Waals surface area contributed by atoms with E-state index in [0.717, 1.165) is 23.6 Å². The molecule has 0 saturated carbocycles. The smallest absolute Gasteiger partial charge is 0.130 e. The molecule has 0 saturated heterocycles. The summed E-state index contributed by atoms with van der Waals surface area (Å²) in [6, 6.07) is 7.43. The topological polar surface area (TPSA) is 47.3 Å². The van der Waals surface area contributed by atoms with Gasteiger partial charge >= 0.3 is 0 Å². The third-order valence-electron chi connectivity index (χ3n) is 2.63. The molecule has 2 rings (SSSR count). The van der Waals surface area contributed by atoms with Crippen LogP contribution in [0, 0.1) is 0 Å². The average molecular weight is 232 g/mol. The van der Waals surface area contributed by atoms with Crippen LogP contribution in [-0.2, 0) is 19.8 Å². The highest BCUT2D eigenvalue weighted by Gasteiger charge is 2.01. The largest absolute Gasteiger partial charge is 0.487 e. The molecule has 0 aliphatic heterocycles. The van der Waals surface area contributed by atoms with Crippen LogP contribution in [0.4, 0.5) is 0 Å². The van der Waals surface area contributed by atoms with E-state index in [1.807, 2.05) is 35.0 Å². The van der Waals surface area contributed by atoms with Gasteiger partial charge in [0.1, 0.15) is 12.4 Å². The Kier molecular flexibility index (Phi) is 3.77. The Bertz CT molecular complexity index is 463. The number of aromatic nitrogens is 2. The minimum Gasteiger partial charge on any atom is -0.487 e. The van der Waals surface area contributed by atoms with Crippen LogP contribution in [0.2, 0.25) is 0 Å². The lowest BCUT2D eigenvalue weighted by Gasteiger charge is -2.08. The molecule has 1 aromatic carbocycles. The van der Waals surface area contributed by atoms with Crippen LogP contribution >= 0.6 is 0 Å². The Balaban J connectivity index is 1.97. The van der Waals surface area contributed by atoms with E-state index < -0.39 is 0 Å². The molecule has 0 radical (unpaired) electrons. The van der Waals surface area contributed by atoms with Gasteiger partial charge in [0.25, 0.3) is 0 Å². The van der Waals surface area contributed by atoms with Crippen molar-refractivity contribution in [2.75, 3.05) is 0 Å². The van der Waals surface area contributed by atoms with Crippen LogP contribution in [0.3, 0.4) is 0 Å². The van der Waals surface area contributed by atoms with E-state index >= 15 is 0 Å². The number of hydrogen-bond donors (Lipinski definition) is 1. The Morgan fingerprint density at radius 3 is 2.71 bits per heavy atom. The summed E-state index contributed by atoms with van der Waals surface area (Å²) in [5.41, 5.74) is 1.94. The van der Waals surface area contributed by atoms with Gasteiger partial charge in [0, 0.05) is 6.54 Å². The number of aryl methyl sites for hydroxylation is 1. The van der Waals surface area contributed by atoms with Crippen LogP contribution in [0.1, 0.15) is 18.2 Å². The highest BCUT2D eigenvalue weighted by Crippen LogP contribution is 2.14. The van der Waals surface area contributed by atoms with Gasteiger partial charge in [0.15, 0.2) is 0 Å². The summed E-state index contributed by atoms with van der Waals surface area (Å²) in [6.45, 7) is 3.53. The predicted molar refractivity (Wildman–Crippen MR) is 64.6 cm³/mol. The number of ether oxygens (including phenoxy) is 1. The van der Waals surface area contributed by atoms with Crippen LogP contribution < -0.4 is 4.74 Å². The molecule has 4 nitrogen and oxygen atoms in total. The molecule has 4 heteroatoms. The molecular formula is C13H16N2O2. The summed E-state index contributed by atoms with van der Waals surface area (Å²) < 4.78 is 7.69. The van der Waals surface area contributed by atoms with E-state index in [9.17, 15) is 0 Å². The van der Waals surface area contributed by atoms with E-state index in [0.29, 0.717) is 6.61 Å². The van der Waals surface area contributed by atoms with E-state index in [4.69, 9.17) is 9.84 Å². The first kappa shape index (κ1) is 11.7. The van der Waals surface area contributed by atoms with Crippen LogP contribution in [0.25, 0.3) is 0 Å². The van der Waals surface area contributed by atoms with Crippen molar-refractivity contribution < 1.29 is 9.84 Å². The number of imidazole rings is 1. The highest BCUT2D eigenvalue weighted by atomic mass is 16.5. The Hall–Kier alpha value is -1.81. The molecule has 0 atom stereocenters. The molecule has 0 aliphatic carbocycles. The molecule has 1 heterocycles. The number of benzene rings is 1. The van der Waals surface area contributed by atoms with E-state index in [2.05, 4.69) is 11.9 Å². The first-order valence-electron chi connectivity index (χ1n) is 5.65. The molecule has 90 valence electrons. The third kappa shape index (κ3) is 2.85. The molecule has 2 aromatic rings. The SMILES string of the molecule is CCn1cncc1COc1ccc(CO)cc1. The van der Waals surface area contributed by atoms with Gasteiger partial charge in [-0.05, 0) is 24.6 Å². The monoisotopic (exact) mass is 232 g/mol. The van der Waals surface area contributed by atoms with Crippen molar-refractivity contribution in [2.24, 2.45) is 0 Å². The van der Waals surface area contributed by atoms with Crippen molar-refractivity contribution in [3.63, 3.8) is 0 Å². The molecule has 1 N–H and O–H groups in total. The lowest BCUT2D eigenvalue weighted by atomic mass is 10.2. The third-order valence-corrected chi connectivity index (χ3v) is 2.63. The quantitative estimate of drug-likeness (QED) is 0.857. The fourth-order valence-corrected chi connectivity index (χ4v) is 1.60. The molecule has 17 heavy (non-hydrogen) atoms. The zero-order chi connectivity index (χ0) is 12.1. The maximum absolute atomic E-state index is 8.92. The summed E-state index contributed by atoms with van der Waals surface area (Å²) in [7, 11) is 0. The second-order valence-corrected chi connectivity index (χ2v) is 3.76. The zero-order valence-corrected chi connectivity index (χ0v) is 9.84. The molecule has 0 aliphatic rings. The van der Waals surface area contributed by atoms with Gasteiger partial charge in [-0.25, -0.2) is 4.98 Å².